The fourth-order valence-corrected chi connectivity index (χ4v) is 3.05. The molecule has 0 unspecified atom stereocenters. The van der Waals surface area contributed by atoms with Crippen LogP contribution < -0.4 is 0 Å². The topological polar surface area (TPSA) is 13.1 Å². The summed E-state index contributed by atoms with van der Waals surface area (Å²) in [7, 11) is 0. The first-order valence-electron chi connectivity index (χ1n) is 7.61. The van der Waals surface area contributed by atoms with E-state index >= 15 is 0 Å². The standard InChI is InChI=1S/C20H22O/c1-13(2)16-8-7-14(3)20-17(10-15(4)19(20)12-16)11-18-6-5-9-21-18/h5-10,12-13H,11H2,1-4H3. The summed E-state index contributed by atoms with van der Waals surface area (Å²) in [5.41, 5.74) is 8.21. The van der Waals surface area contributed by atoms with Gasteiger partial charge in [0.1, 0.15) is 5.76 Å². The SMILES string of the molecule is Cc1cc(Cc2ccco2)c2c(C)ccc(C(C)C)cc1-2. The van der Waals surface area contributed by atoms with Gasteiger partial charge in [0, 0.05) is 6.42 Å². The predicted octanol–water partition coefficient (Wildman–Crippen LogP) is 5.72. The lowest BCUT2D eigenvalue weighted by Crippen LogP contribution is -1.87. The van der Waals surface area contributed by atoms with Crippen LogP contribution in [0.4, 0.5) is 0 Å². The number of hydrogen-bond acceptors (Lipinski definition) is 1. The molecular weight excluding hydrogens is 256 g/mol. The van der Waals surface area contributed by atoms with Crippen molar-refractivity contribution in [3.8, 4) is 11.1 Å². The lowest BCUT2D eigenvalue weighted by atomic mass is 9.99. The van der Waals surface area contributed by atoms with Crippen molar-refractivity contribution in [3.05, 3.63) is 70.7 Å². The lowest BCUT2D eigenvalue weighted by molar-refractivity contribution is 0.521. The summed E-state index contributed by atoms with van der Waals surface area (Å²) in [4.78, 5) is 0. The van der Waals surface area contributed by atoms with Crippen LogP contribution in [0.1, 0.15) is 47.8 Å². The number of rotatable bonds is 3. The second kappa shape index (κ2) is 5.40. The van der Waals surface area contributed by atoms with Crippen LogP contribution in [0.2, 0.25) is 0 Å². The molecule has 1 heterocycles. The molecule has 0 radical (unpaired) electrons. The third-order valence-corrected chi connectivity index (χ3v) is 4.25. The summed E-state index contributed by atoms with van der Waals surface area (Å²) < 4.78 is 5.52. The molecule has 0 fully saturated rings. The van der Waals surface area contributed by atoms with Crippen LogP contribution in [0, 0.1) is 13.8 Å². The molecule has 0 spiro atoms. The molecule has 0 atom stereocenters. The molecule has 0 aliphatic heterocycles. The summed E-state index contributed by atoms with van der Waals surface area (Å²) >= 11 is 0. The Morgan fingerprint density at radius 1 is 1.00 bits per heavy atom. The monoisotopic (exact) mass is 278 g/mol. The lowest BCUT2D eigenvalue weighted by Gasteiger charge is -2.05. The molecule has 2 aliphatic carbocycles. The van der Waals surface area contributed by atoms with Gasteiger partial charge in [0.05, 0.1) is 6.26 Å². The minimum atomic E-state index is 0.544. The van der Waals surface area contributed by atoms with Crippen LogP contribution in [0.3, 0.4) is 0 Å². The van der Waals surface area contributed by atoms with E-state index in [0.29, 0.717) is 5.92 Å². The zero-order valence-electron chi connectivity index (χ0n) is 13.2. The van der Waals surface area contributed by atoms with Gasteiger partial charge in [0.15, 0.2) is 0 Å². The minimum absolute atomic E-state index is 0.544. The van der Waals surface area contributed by atoms with Crippen LogP contribution in [0.15, 0.2) is 47.1 Å². The van der Waals surface area contributed by atoms with Gasteiger partial charge in [-0.3, -0.25) is 0 Å². The highest BCUT2D eigenvalue weighted by Gasteiger charge is 2.17. The third-order valence-electron chi connectivity index (χ3n) is 4.25. The molecule has 2 aliphatic rings. The van der Waals surface area contributed by atoms with E-state index in [-0.39, 0.29) is 0 Å². The molecule has 0 saturated heterocycles. The normalized spacial score (nSPS) is 11.5. The molecule has 3 rings (SSSR count). The molecule has 0 bridgehead atoms. The quantitative estimate of drug-likeness (QED) is 0.597. The number of furan rings is 1. The van der Waals surface area contributed by atoms with Crippen LogP contribution in [0.25, 0.3) is 11.1 Å². The highest BCUT2D eigenvalue weighted by molar-refractivity contribution is 5.78. The average Bonchev–Trinajstić information content (AvgIpc) is 2.98. The fraction of sp³-hybridized carbons (Fsp3) is 0.300. The predicted molar refractivity (Wildman–Crippen MR) is 88.1 cm³/mol. The zero-order chi connectivity index (χ0) is 15.0. The summed E-state index contributed by atoms with van der Waals surface area (Å²) in [6.45, 7) is 8.91. The van der Waals surface area contributed by atoms with Crippen molar-refractivity contribution in [2.75, 3.05) is 0 Å². The molecule has 0 N–H and O–H groups in total. The van der Waals surface area contributed by atoms with Crippen LogP contribution in [-0.2, 0) is 6.42 Å². The van der Waals surface area contributed by atoms with E-state index in [0.717, 1.165) is 12.2 Å². The second-order valence-corrected chi connectivity index (χ2v) is 6.21. The maximum atomic E-state index is 5.52. The maximum absolute atomic E-state index is 5.52. The molecule has 1 nitrogen and oxygen atoms in total. The van der Waals surface area contributed by atoms with Gasteiger partial charge in [0.2, 0.25) is 0 Å². The number of hydrogen-bond donors (Lipinski definition) is 0. The molecular formula is C20H22O. The Bertz CT molecular complexity index is 720. The van der Waals surface area contributed by atoms with Crippen molar-refractivity contribution in [3.63, 3.8) is 0 Å². The molecule has 1 aromatic heterocycles. The van der Waals surface area contributed by atoms with Gasteiger partial charge < -0.3 is 4.42 Å². The van der Waals surface area contributed by atoms with E-state index in [4.69, 9.17) is 4.42 Å². The Morgan fingerprint density at radius 2 is 1.81 bits per heavy atom. The average molecular weight is 278 g/mol. The summed E-state index contributed by atoms with van der Waals surface area (Å²) in [6.07, 6.45) is 2.61. The van der Waals surface area contributed by atoms with Gasteiger partial charge in [-0.25, -0.2) is 0 Å². The number of fused-ring (bicyclic) bond motifs is 1. The Morgan fingerprint density at radius 3 is 2.48 bits per heavy atom. The molecule has 0 aromatic carbocycles. The van der Waals surface area contributed by atoms with E-state index in [2.05, 4.69) is 52.0 Å². The molecule has 0 amide bonds. The van der Waals surface area contributed by atoms with Gasteiger partial charge in [-0.2, -0.15) is 0 Å². The zero-order valence-corrected chi connectivity index (χ0v) is 13.2. The maximum Gasteiger partial charge on any atom is 0.108 e. The van der Waals surface area contributed by atoms with E-state index in [9.17, 15) is 0 Å². The van der Waals surface area contributed by atoms with Crippen LogP contribution in [-0.4, -0.2) is 0 Å². The molecule has 21 heavy (non-hydrogen) atoms. The number of aryl methyl sites for hydroxylation is 2. The van der Waals surface area contributed by atoms with Crippen molar-refractivity contribution >= 4 is 0 Å². The van der Waals surface area contributed by atoms with E-state index in [1.54, 1.807) is 6.26 Å². The van der Waals surface area contributed by atoms with Crippen molar-refractivity contribution in [1.82, 2.24) is 0 Å². The first kappa shape index (κ1) is 13.9. The first-order valence-corrected chi connectivity index (χ1v) is 7.61. The highest BCUT2D eigenvalue weighted by Crippen LogP contribution is 2.37. The Labute approximate surface area is 127 Å². The fourth-order valence-electron chi connectivity index (χ4n) is 3.05. The van der Waals surface area contributed by atoms with Crippen molar-refractivity contribution < 1.29 is 4.42 Å². The summed E-state index contributed by atoms with van der Waals surface area (Å²) in [5, 5.41) is 0. The highest BCUT2D eigenvalue weighted by atomic mass is 16.3. The van der Waals surface area contributed by atoms with E-state index in [1.165, 1.54) is 33.4 Å². The Kier molecular flexibility index (Phi) is 3.59. The molecule has 1 heteroatoms. The smallest absolute Gasteiger partial charge is 0.108 e. The van der Waals surface area contributed by atoms with E-state index < -0.39 is 0 Å². The third kappa shape index (κ3) is 2.61. The first-order chi connectivity index (χ1) is 10.1. The second-order valence-electron chi connectivity index (χ2n) is 6.21. The van der Waals surface area contributed by atoms with Gasteiger partial charge in [-0.1, -0.05) is 38.1 Å². The van der Waals surface area contributed by atoms with Crippen molar-refractivity contribution in [1.29, 1.82) is 0 Å². The minimum Gasteiger partial charge on any atom is -0.469 e. The molecule has 0 saturated carbocycles. The van der Waals surface area contributed by atoms with Crippen LogP contribution >= 0.6 is 0 Å². The van der Waals surface area contributed by atoms with Gasteiger partial charge in [-0.15, -0.1) is 0 Å². The van der Waals surface area contributed by atoms with Crippen molar-refractivity contribution in [2.24, 2.45) is 0 Å². The summed E-state index contributed by atoms with van der Waals surface area (Å²) in [5.74, 6) is 1.57. The van der Waals surface area contributed by atoms with Gasteiger partial charge >= 0.3 is 0 Å². The van der Waals surface area contributed by atoms with Gasteiger partial charge in [0.25, 0.3) is 0 Å². The van der Waals surface area contributed by atoms with Crippen molar-refractivity contribution in [2.45, 2.75) is 40.0 Å². The Balaban J connectivity index is 2.14. The largest absolute Gasteiger partial charge is 0.469 e. The van der Waals surface area contributed by atoms with Gasteiger partial charge in [-0.05, 0) is 65.3 Å². The molecule has 1 aromatic rings. The Hall–Kier alpha value is -2.02. The van der Waals surface area contributed by atoms with E-state index in [1.807, 2.05) is 12.1 Å². The summed E-state index contributed by atoms with van der Waals surface area (Å²) in [6, 6.07) is 13.2. The molecule has 108 valence electrons. The van der Waals surface area contributed by atoms with Crippen LogP contribution in [0.5, 0.6) is 0 Å².